The van der Waals surface area contributed by atoms with Crippen LogP contribution in [0.25, 0.3) is 5.57 Å². The summed E-state index contributed by atoms with van der Waals surface area (Å²) in [6.45, 7) is 0.826. The van der Waals surface area contributed by atoms with Crippen LogP contribution in [0.5, 0.6) is 0 Å². The van der Waals surface area contributed by atoms with Gasteiger partial charge in [0.15, 0.2) is 12.4 Å². The molecule has 0 amide bonds. The number of aliphatic carboxylic acids is 1. The summed E-state index contributed by atoms with van der Waals surface area (Å²) in [4.78, 5) is 11.5. The van der Waals surface area contributed by atoms with E-state index in [2.05, 4.69) is 17.5 Å². The summed E-state index contributed by atoms with van der Waals surface area (Å²) in [6, 6.07) is 15.8. The first kappa shape index (κ1) is 23.6. The summed E-state index contributed by atoms with van der Waals surface area (Å²) in [5.41, 5.74) is 5.04. The van der Waals surface area contributed by atoms with Crippen molar-refractivity contribution < 1.29 is 34.7 Å². The average molecular weight is 456 g/mol. The van der Waals surface area contributed by atoms with Crippen molar-refractivity contribution in [2.45, 2.75) is 49.7 Å². The first-order chi connectivity index (χ1) is 15.9. The van der Waals surface area contributed by atoms with E-state index in [1.807, 2.05) is 49.5 Å². The van der Waals surface area contributed by atoms with E-state index in [4.69, 9.17) is 9.47 Å². The highest BCUT2D eigenvalue weighted by molar-refractivity contribution is 5.84. The summed E-state index contributed by atoms with van der Waals surface area (Å²) < 4.78 is 11.5. The minimum absolute atomic E-state index is 0.458. The number of hydrogen-bond donors (Lipinski definition) is 5. The van der Waals surface area contributed by atoms with Crippen molar-refractivity contribution in [1.29, 1.82) is 0 Å². The number of ether oxygens (including phenoxy) is 2. The summed E-state index contributed by atoms with van der Waals surface area (Å²) >= 11 is 0. The van der Waals surface area contributed by atoms with Crippen LogP contribution in [-0.2, 0) is 20.7 Å². The number of fused-ring (bicyclic) bond motifs is 2. The van der Waals surface area contributed by atoms with Gasteiger partial charge in [-0.1, -0.05) is 54.6 Å². The third-order valence-corrected chi connectivity index (χ3v) is 6.16. The lowest BCUT2D eigenvalue weighted by Gasteiger charge is -2.40. The molecule has 2 aromatic rings. The Kier molecular flexibility index (Phi) is 7.23. The number of rotatable bonds is 6. The van der Waals surface area contributed by atoms with Crippen molar-refractivity contribution in [1.82, 2.24) is 5.32 Å². The lowest BCUT2D eigenvalue weighted by molar-refractivity contribution is -0.305. The Labute approximate surface area is 192 Å². The number of aliphatic hydroxyl groups is 3. The van der Waals surface area contributed by atoms with Crippen molar-refractivity contribution in [3.05, 3.63) is 76.9 Å². The molecule has 33 heavy (non-hydrogen) atoms. The summed E-state index contributed by atoms with van der Waals surface area (Å²) in [5, 5.41) is 43.2. The topological polar surface area (TPSA) is 128 Å². The average Bonchev–Trinajstić information content (AvgIpc) is 2.94. The molecular weight excluding hydrogens is 426 g/mol. The standard InChI is InChI=1S/C25H29NO7/c1-26-12-6-11-16-15-8-3-2-7-14(15)13-19(18-10-5-4-9-17(16)18)32-25-22(29)20(27)21(28)23(33-25)24(30)31/h2-5,7-11,19-23,25-29H,6,12-13H2,1H3,(H,30,31)/b16-11-/t19-,20+,21+,22-,23+,25?/m1/s1. The molecule has 1 aliphatic carbocycles. The molecule has 0 aromatic heterocycles. The molecule has 2 aliphatic rings. The highest BCUT2D eigenvalue weighted by Gasteiger charge is 2.48. The Bertz CT molecular complexity index is 1020. The molecule has 4 rings (SSSR count). The Balaban J connectivity index is 1.73. The predicted molar refractivity (Wildman–Crippen MR) is 120 cm³/mol. The monoisotopic (exact) mass is 455 g/mol. The number of carboxylic acid groups (broad SMARTS) is 1. The first-order valence-electron chi connectivity index (χ1n) is 11.0. The van der Waals surface area contributed by atoms with Gasteiger partial charge in [0.2, 0.25) is 0 Å². The number of nitrogens with one attached hydrogen (secondary N) is 1. The van der Waals surface area contributed by atoms with Crippen LogP contribution in [0.15, 0.2) is 54.6 Å². The number of benzene rings is 2. The largest absolute Gasteiger partial charge is 0.479 e. The summed E-state index contributed by atoms with van der Waals surface area (Å²) in [7, 11) is 1.91. The predicted octanol–water partition coefficient (Wildman–Crippen LogP) is 1.23. The lowest BCUT2D eigenvalue weighted by atomic mass is 9.93. The molecule has 0 spiro atoms. The third-order valence-electron chi connectivity index (χ3n) is 6.16. The van der Waals surface area contributed by atoms with Crippen LogP contribution >= 0.6 is 0 Å². The molecule has 0 saturated carbocycles. The third kappa shape index (κ3) is 4.72. The highest BCUT2D eigenvalue weighted by Crippen LogP contribution is 2.40. The molecule has 1 heterocycles. The molecule has 8 nitrogen and oxygen atoms in total. The zero-order valence-corrected chi connectivity index (χ0v) is 18.3. The number of hydrogen-bond acceptors (Lipinski definition) is 7. The molecule has 1 fully saturated rings. The highest BCUT2D eigenvalue weighted by atomic mass is 16.7. The van der Waals surface area contributed by atoms with E-state index in [0.717, 1.165) is 40.8 Å². The first-order valence-corrected chi connectivity index (χ1v) is 11.0. The van der Waals surface area contributed by atoms with Crippen molar-refractivity contribution >= 4 is 11.5 Å². The molecule has 2 aromatic carbocycles. The fourth-order valence-electron chi connectivity index (χ4n) is 4.47. The van der Waals surface area contributed by atoms with E-state index in [0.29, 0.717) is 6.42 Å². The smallest absolute Gasteiger partial charge is 0.335 e. The van der Waals surface area contributed by atoms with Crippen LogP contribution < -0.4 is 5.32 Å². The number of carbonyl (C=O) groups is 1. The van der Waals surface area contributed by atoms with E-state index in [1.54, 1.807) is 0 Å². The van der Waals surface area contributed by atoms with Gasteiger partial charge in [-0.15, -0.1) is 0 Å². The van der Waals surface area contributed by atoms with Crippen LogP contribution in [0.2, 0.25) is 0 Å². The maximum atomic E-state index is 11.5. The van der Waals surface area contributed by atoms with Gasteiger partial charge in [-0.2, -0.15) is 0 Å². The van der Waals surface area contributed by atoms with Crippen LogP contribution in [0, 0.1) is 0 Å². The lowest BCUT2D eigenvalue weighted by Crippen LogP contribution is -2.60. The van der Waals surface area contributed by atoms with Gasteiger partial charge in [-0.25, -0.2) is 4.79 Å². The Hall–Kier alpha value is -2.59. The van der Waals surface area contributed by atoms with E-state index in [1.165, 1.54) is 0 Å². The fourth-order valence-corrected chi connectivity index (χ4v) is 4.47. The van der Waals surface area contributed by atoms with E-state index >= 15 is 0 Å². The van der Waals surface area contributed by atoms with Crippen LogP contribution in [-0.4, -0.2) is 70.7 Å². The van der Waals surface area contributed by atoms with Gasteiger partial charge in [-0.05, 0) is 47.8 Å². The van der Waals surface area contributed by atoms with E-state index < -0.39 is 42.8 Å². The van der Waals surface area contributed by atoms with E-state index in [9.17, 15) is 25.2 Å². The quantitative estimate of drug-likeness (QED) is 0.412. The second kappa shape index (κ2) is 10.1. The molecule has 1 saturated heterocycles. The minimum Gasteiger partial charge on any atom is -0.479 e. The molecule has 5 N–H and O–H groups in total. The van der Waals surface area contributed by atoms with Crippen molar-refractivity contribution in [2.24, 2.45) is 0 Å². The Morgan fingerprint density at radius 1 is 1.06 bits per heavy atom. The van der Waals surface area contributed by atoms with Gasteiger partial charge in [-0.3, -0.25) is 0 Å². The number of carboxylic acids is 1. The summed E-state index contributed by atoms with van der Waals surface area (Å²) in [6.07, 6.45) is -5.32. The summed E-state index contributed by atoms with van der Waals surface area (Å²) in [5.74, 6) is -1.44. The molecule has 1 unspecified atom stereocenters. The second-order valence-electron chi connectivity index (χ2n) is 8.32. The van der Waals surface area contributed by atoms with Crippen molar-refractivity contribution in [2.75, 3.05) is 13.6 Å². The van der Waals surface area contributed by atoms with E-state index in [-0.39, 0.29) is 0 Å². The van der Waals surface area contributed by atoms with Gasteiger partial charge >= 0.3 is 5.97 Å². The molecule has 6 atom stereocenters. The van der Waals surface area contributed by atoms with Crippen LogP contribution in [0.3, 0.4) is 0 Å². The molecular formula is C25H29NO7. The van der Waals surface area contributed by atoms with Crippen molar-refractivity contribution in [3.8, 4) is 0 Å². The molecule has 0 radical (unpaired) electrons. The normalized spacial score (nSPS) is 30.4. The zero-order valence-electron chi connectivity index (χ0n) is 18.3. The molecule has 0 bridgehead atoms. The molecule has 176 valence electrons. The van der Waals surface area contributed by atoms with Gasteiger partial charge in [0, 0.05) is 6.42 Å². The fraction of sp³-hybridized carbons (Fsp3) is 0.400. The zero-order chi connectivity index (χ0) is 23.5. The Morgan fingerprint density at radius 2 is 1.76 bits per heavy atom. The molecule has 8 heteroatoms. The van der Waals surface area contributed by atoms with Crippen molar-refractivity contribution in [3.63, 3.8) is 0 Å². The van der Waals surface area contributed by atoms with Crippen LogP contribution in [0.4, 0.5) is 0 Å². The van der Waals surface area contributed by atoms with Gasteiger partial charge in [0.05, 0.1) is 6.10 Å². The maximum Gasteiger partial charge on any atom is 0.335 e. The molecule has 1 aliphatic heterocycles. The van der Waals surface area contributed by atoms with Gasteiger partial charge in [0.25, 0.3) is 0 Å². The number of aliphatic hydroxyl groups excluding tert-OH is 3. The SMILES string of the molecule is CNCC/C=C1/c2ccccc2C[C@@H](OC2O[C@H](C(=O)O)[C@@H](O)[C@H](O)[C@H]2O)c2ccccc21. The second-order valence-corrected chi connectivity index (χ2v) is 8.32. The minimum atomic E-state index is -1.76. The maximum absolute atomic E-state index is 11.5. The Morgan fingerprint density at radius 3 is 2.48 bits per heavy atom. The van der Waals surface area contributed by atoms with Gasteiger partial charge < -0.3 is 35.2 Å². The van der Waals surface area contributed by atoms with Crippen LogP contribution in [0.1, 0.15) is 34.8 Å². The van der Waals surface area contributed by atoms with Gasteiger partial charge in [0.1, 0.15) is 18.3 Å².